The maximum absolute atomic E-state index is 12.2. The number of halogens is 1. The van der Waals surface area contributed by atoms with E-state index in [9.17, 15) is 4.79 Å². The van der Waals surface area contributed by atoms with Gasteiger partial charge in [-0.15, -0.1) is 0 Å². The molecule has 0 spiro atoms. The molecule has 1 aliphatic rings. The lowest BCUT2D eigenvalue weighted by Gasteiger charge is -2.14. The van der Waals surface area contributed by atoms with E-state index in [1.165, 1.54) is 30.2 Å². The number of aromatic nitrogens is 3. The summed E-state index contributed by atoms with van der Waals surface area (Å²) in [6.07, 6.45) is 8.65. The number of hydrogen-bond donors (Lipinski definition) is 1. The molecule has 106 valence electrons. The lowest BCUT2D eigenvalue weighted by molar-refractivity contribution is 0.0929. The second-order valence-corrected chi connectivity index (χ2v) is 5.63. The number of amides is 1. The summed E-state index contributed by atoms with van der Waals surface area (Å²) in [6, 6.07) is 3.68. The average Bonchev–Trinajstić information content (AvgIpc) is 2.68. The first-order valence-electron chi connectivity index (χ1n) is 7.05. The van der Waals surface area contributed by atoms with Gasteiger partial charge in [0.2, 0.25) is 0 Å². The van der Waals surface area contributed by atoms with Crippen LogP contribution in [0, 0.1) is 0 Å². The highest BCUT2D eigenvalue weighted by atomic mass is 35.5. The van der Waals surface area contributed by atoms with Gasteiger partial charge in [0.15, 0.2) is 5.65 Å². The molecule has 0 unspecified atom stereocenters. The fourth-order valence-electron chi connectivity index (χ4n) is 2.65. The van der Waals surface area contributed by atoms with Crippen LogP contribution < -0.4 is 5.32 Å². The molecule has 1 fully saturated rings. The van der Waals surface area contributed by atoms with Crippen molar-refractivity contribution in [2.24, 2.45) is 0 Å². The fraction of sp³-hybridized carbons (Fsp3) is 0.500. The van der Waals surface area contributed by atoms with Crippen LogP contribution in [-0.4, -0.2) is 26.5 Å². The van der Waals surface area contributed by atoms with Crippen LogP contribution in [0.25, 0.3) is 5.65 Å². The van der Waals surface area contributed by atoms with E-state index >= 15 is 0 Å². The van der Waals surface area contributed by atoms with E-state index in [0.717, 1.165) is 12.8 Å². The van der Waals surface area contributed by atoms with Crippen molar-refractivity contribution in [1.82, 2.24) is 19.9 Å². The Hall–Kier alpha value is -1.62. The average molecular weight is 293 g/mol. The molecule has 0 bridgehead atoms. The smallest absolute Gasteiger partial charge is 0.271 e. The highest BCUT2D eigenvalue weighted by Crippen LogP contribution is 2.17. The Labute approximate surface area is 122 Å². The van der Waals surface area contributed by atoms with Crippen LogP contribution >= 0.6 is 11.6 Å². The molecule has 0 aliphatic heterocycles. The predicted octanol–water partition coefficient (Wildman–Crippen LogP) is 2.84. The van der Waals surface area contributed by atoms with Gasteiger partial charge in [-0.3, -0.25) is 4.79 Å². The van der Waals surface area contributed by atoms with Crippen molar-refractivity contribution in [3.63, 3.8) is 0 Å². The molecule has 0 saturated heterocycles. The molecule has 5 nitrogen and oxygen atoms in total. The summed E-state index contributed by atoms with van der Waals surface area (Å²) in [5.74, 6) is -0.126. The van der Waals surface area contributed by atoms with Crippen LogP contribution in [-0.2, 0) is 0 Å². The first-order valence-corrected chi connectivity index (χ1v) is 7.43. The summed E-state index contributed by atoms with van der Waals surface area (Å²) in [5.41, 5.74) is 1.02. The fourth-order valence-corrected chi connectivity index (χ4v) is 2.80. The quantitative estimate of drug-likeness (QED) is 0.866. The van der Waals surface area contributed by atoms with Crippen LogP contribution in [0.2, 0.25) is 5.15 Å². The van der Waals surface area contributed by atoms with Crippen LogP contribution in [0.3, 0.4) is 0 Å². The summed E-state index contributed by atoms with van der Waals surface area (Å²) in [6.45, 7) is 0. The van der Waals surface area contributed by atoms with E-state index in [1.54, 1.807) is 18.3 Å². The molecule has 6 heteroatoms. The van der Waals surface area contributed by atoms with Gasteiger partial charge in [-0.1, -0.05) is 37.3 Å². The van der Waals surface area contributed by atoms with Crippen molar-refractivity contribution >= 4 is 23.2 Å². The Kier molecular flexibility index (Phi) is 3.87. The molecule has 1 N–H and O–H groups in total. The van der Waals surface area contributed by atoms with Gasteiger partial charge < -0.3 is 5.32 Å². The van der Waals surface area contributed by atoms with Gasteiger partial charge >= 0.3 is 0 Å². The normalized spacial score (nSPS) is 17.1. The zero-order valence-corrected chi connectivity index (χ0v) is 11.9. The highest BCUT2D eigenvalue weighted by Gasteiger charge is 2.18. The molecule has 20 heavy (non-hydrogen) atoms. The Balaban J connectivity index is 1.74. The summed E-state index contributed by atoms with van der Waals surface area (Å²) < 4.78 is 1.53. The van der Waals surface area contributed by atoms with Crippen LogP contribution in [0.4, 0.5) is 0 Å². The Morgan fingerprint density at radius 1 is 1.25 bits per heavy atom. The summed E-state index contributed by atoms with van der Waals surface area (Å²) >= 11 is 5.82. The molecule has 1 aliphatic carbocycles. The molecule has 1 amide bonds. The van der Waals surface area contributed by atoms with Crippen LogP contribution in [0.5, 0.6) is 0 Å². The van der Waals surface area contributed by atoms with Crippen molar-refractivity contribution in [3.8, 4) is 0 Å². The first-order chi connectivity index (χ1) is 9.72. The van der Waals surface area contributed by atoms with Crippen LogP contribution in [0.15, 0.2) is 18.3 Å². The Bertz CT molecular complexity index is 617. The zero-order valence-electron chi connectivity index (χ0n) is 11.2. The molecule has 2 heterocycles. The minimum atomic E-state index is -0.126. The maximum atomic E-state index is 12.2. The second kappa shape index (κ2) is 5.79. The topological polar surface area (TPSA) is 59.3 Å². The third-order valence-corrected chi connectivity index (χ3v) is 3.91. The molecule has 1 saturated carbocycles. The number of hydrogen-bond acceptors (Lipinski definition) is 3. The predicted molar refractivity (Wildman–Crippen MR) is 77.0 cm³/mol. The van der Waals surface area contributed by atoms with Gasteiger partial charge in [0, 0.05) is 6.04 Å². The van der Waals surface area contributed by atoms with Gasteiger partial charge in [-0.25, -0.2) is 9.50 Å². The van der Waals surface area contributed by atoms with Crippen molar-refractivity contribution in [2.75, 3.05) is 0 Å². The summed E-state index contributed by atoms with van der Waals surface area (Å²) in [5, 5.41) is 7.54. The number of carbonyl (C=O) groups excluding carboxylic acids is 1. The zero-order chi connectivity index (χ0) is 13.9. The number of carbonyl (C=O) groups is 1. The highest BCUT2D eigenvalue weighted by molar-refractivity contribution is 6.29. The van der Waals surface area contributed by atoms with E-state index in [-0.39, 0.29) is 11.9 Å². The monoisotopic (exact) mass is 292 g/mol. The molecule has 2 aromatic heterocycles. The van der Waals surface area contributed by atoms with E-state index in [4.69, 9.17) is 11.6 Å². The third kappa shape index (κ3) is 2.93. The number of fused-ring (bicyclic) bond motifs is 1. The maximum Gasteiger partial charge on any atom is 0.271 e. The number of nitrogens with one attached hydrogen (secondary N) is 1. The molecular formula is C14H17ClN4O. The van der Waals surface area contributed by atoms with Gasteiger partial charge in [-0.2, -0.15) is 5.10 Å². The minimum absolute atomic E-state index is 0.126. The van der Waals surface area contributed by atoms with E-state index < -0.39 is 0 Å². The number of nitrogens with zero attached hydrogens (tertiary/aromatic N) is 3. The SMILES string of the molecule is O=C(NC1CCCCCC1)c1cn2nc(Cl)ccc2n1. The molecular weight excluding hydrogens is 276 g/mol. The largest absolute Gasteiger partial charge is 0.348 e. The van der Waals surface area contributed by atoms with E-state index in [1.807, 2.05) is 0 Å². The van der Waals surface area contributed by atoms with Crippen molar-refractivity contribution in [1.29, 1.82) is 0 Å². The molecule has 2 aromatic rings. The Morgan fingerprint density at radius 2 is 2.00 bits per heavy atom. The lowest BCUT2D eigenvalue weighted by Crippen LogP contribution is -2.34. The van der Waals surface area contributed by atoms with Crippen molar-refractivity contribution in [3.05, 3.63) is 29.2 Å². The summed E-state index contributed by atoms with van der Waals surface area (Å²) in [7, 11) is 0. The Morgan fingerprint density at radius 3 is 2.75 bits per heavy atom. The van der Waals surface area contributed by atoms with Gasteiger partial charge in [0.1, 0.15) is 10.8 Å². The summed E-state index contributed by atoms with van der Waals surface area (Å²) in [4.78, 5) is 16.5. The number of rotatable bonds is 2. The molecule has 0 atom stereocenters. The van der Waals surface area contributed by atoms with E-state index in [0.29, 0.717) is 16.5 Å². The molecule has 3 rings (SSSR count). The van der Waals surface area contributed by atoms with Crippen LogP contribution in [0.1, 0.15) is 49.0 Å². The van der Waals surface area contributed by atoms with Gasteiger partial charge in [0.25, 0.3) is 5.91 Å². The first kappa shape index (κ1) is 13.4. The second-order valence-electron chi connectivity index (χ2n) is 5.25. The van der Waals surface area contributed by atoms with Crippen molar-refractivity contribution in [2.45, 2.75) is 44.6 Å². The number of imidazole rings is 1. The molecule has 0 aromatic carbocycles. The van der Waals surface area contributed by atoms with Gasteiger partial charge in [-0.05, 0) is 25.0 Å². The third-order valence-electron chi connectivity index (χ3n) is 3.71. The lowest BCUT2D eigenvalue weighted by atomic mass is 10.1. The van der Waals surface area contributed by atoms with E-state index in [2.05, 4.69) is 15.4 Å². The standard InChI is InChI=1S/C14H17ClN4O/c15-12-7-8-13-17-11(9-19(13)18-12)14(20)16-10-5-3-1-2-4-6-10/h7-10H,1-6H2,(H,16,20). The van der Waals surface area contributed by atoms with Gasteiger partial charge in [0.05, 0.1) is 6.20 Å². The molecule has 0 radical (unpaired) electrons. The minimum Gasteiger partial charge on any atom is -0.348 e. The van der Waals surface area contributed by atoms with Crippen molar-refractivity contribution < 1.29 is 4.79 Å².